The number of carbonyl (C=O) groups is 1. The van der Waals surface area contributed by atoms with Gasteiger partial charge < -0.3 is 5.73 Å². The van der Waals surface area contributed by atoms with Crippen LogP contribution in [0.5, 0.6) is 0 Å². The Morgan fingerprint density at radius 1 is 1.15 bits per heavy atom. The fourth-order valence-corrected chi connectivity index (χ4v) is 5.62. The van der Waals surface area contributed by atoms with Crippen molar-refractivity contribution in [3.05, 3.63) is 57.8 Å². The third-order valence-corrected chi connectivity index (χ3v) is 6.98. The number of anilines is 1. The molecule has 0 spiro atoms. The summed E-state index contributed by atoms with van der Waals surface area (Å²) in [5.41, 5.74) is 14.8. The van der Waals surface area contributed by atoms with Gasteiger partial charge in [0.1, 0.15) is 9.71 Å². The third-order valence-electron chi connectivity index (χ3n) is 5.00. The van der Waals surface area contributed by atoms with Gasteiger partial charge in [0.2, 0.25) is 0 Å². The molecule has 1 amide bonds. The number of aromatic nitrogens is 1. The van der Waals surface area contributed by atoms with Crippen LogP contribution in [0.3, 0.4) is 0 Å². The molecule has 1 aliphatic carbocycles. The number of hydrazine groups is 1. The molecule has 0 fully saturated rings. The number of thiophene rings is 2. The van der Waals surface area contributed by atoms with E-state index in [0.29, 0.717) is 10.6 Å². The van der Waals surface area contributed by atoms with Gasteiger partial charge in [-0.3, -0.25) is 10.2 Å². The van der Waals surface area contributed by atoms with Gasteiger partial charge in [0, 0.05) is 21.4 Å². The molecule has 0 radical (unpaired) electrons. The summed E-state index contributed by atoms with van der Waals surface area (Å²) in [4.78, 5) is 19.5. The van der Waals surface area contributed by atoms with Crippen LogP contribution in [0.1, 0.15) is 20.8 Å². The minimum atomic E-state index is -0.383. The van der Waals surface area contributed by atoms with Gasteiger partial charge in [-0.2, -0.15) is 0 Å². The first kappa shape index (κ1) is 16.4. The molecule has 4 aromatic rings. The minimum Gasteiger partial charge on any atom is -0.397 e. The van der Waals surface area contributed by atoms with Gasteiger partial charge in [-0.05, 0) is 35.4 Å². The summed E-state index contributed by atoms with van der Waals surface area (Å²) in [7, 11) is 0. The quantitative estimate of drug-likeness (QED) is 0.273. The standard InChI is InChI=1S/C20H16N4OS2/c21-16-15-14(13-6-3-9-26-13)12-8-7-10-4-1-2-5-11(10)17(12)23-20(15)27-18(16)19(25)24-22/h1-6,9H,7-8,21-22H2,(H,24,25). The molecule has 0 saturated heterocycles. The highest BCUT2D eigenvalue weighted by Crippen LogP contribution is 2.47. The van der Waals surface area contributed by atoms with E-state index in [4.69, 9.17) is 16.6 Å². The van der Waals surface area contributed by atoms with Crippen molar-refractivity contribution in [1.82, 2.24) is 10.4 Å². The molecular formula is C20H16N4OS2. The van der Waals surface area contributed by atoms with Crippen LogP contribution < -0.4 is 17.0 Å². The maximum atomic E-state index is 12.2. The van der Waals surface area contributed by atoms with Crippen molar-refractivity contribution in [2.24, 2.45) is 5.84 Å². The summed E-state index contributed by atoms with van der Waals surface area (Å²) in [5.74, 6) is 4.96. The van der Waals surface area contributed by atoms with E-state index in [1.54, 1.807) is 11.3 Å². The van der Waals surface area contributed by atoms with Crippen LogP contribution in [-0.4, -0.2) is 10.9 Å². The molecule has 0 unspecified atom stereocenters. The fourth-order valence-electron chi connectivity index (χ4n) is 3.81. The Kier molecular flexibility index (Phi) is 3.75. The Hall–Kier alpha value is -2.74. The Balaban J connectivity index is 1.91. The fraction of sp³-hybridized carbons (Fsp3) is 0.100. The molecule has 0 atom stereocenters. The van der Waals surface area contributed by atoms with Crippen molar-refractivity contribution in [2.45, 2.75) is 12.8 Å². The minimum absolute atomic E-state index is 0.383. The first-order chi connectivity index (χ1) is 13.2. The predicted octanol–water partition coefficient (Wildman–Crippen LogP) is 3.98. The van der Waals surface area contributed by atoms with E-state index in [9.17, 15) is 4.79 Å². The second-order valence-electron chi connectivity index (χ2n) is 6.45. The van der Waals surface area contributed by atoms with Gasteiger partial charge in [0.25, 0.3) is 5.91 Å². The third kappa shape index (κ3) is 2.39. The molecule has 0 saturated carbocycles. The van der Waals surface area contributed by atoms with Crippen LogP contribution in [0.25, 0.3) is 31.9 Å². The SMILES string of the molecule is NNC(=O)c1sc2nc3c(c(-c4cccs4)c2c1N)CCc1ccccc1-3. The summed E-state index contributed by atoms with van der Waals surface area (Å²) >= 11 is 2.97. The van der Waals surface area contributed by atoms with E-state index in [1.165, 1.54) is 22.5 Å². The van der Waals surface area contributed by atoms with Crippen LogP contribution in [-0.2, 0) is 12.8 Å². The highest BCUT2D eigenvalue weighted by Gasteiger charge is 2.27. The van der Waals surface area contributed by atoms with Gasteiger partial charge in [-0.25, -0.2) is 10.8 Å². The summed E-state index contributed by atoms with van der Waals surface area (Å²) in [6.07, 6.45) is 1.87. The Bertz CT molecular complexity index is 1190. The highest BCUT2D eigenvalue weighted by atomic mass is 32.1. The number of amides is 1. The number of aryl methyl sites for hydroxylation is 1. The maximum Gasteiger partial charge on any atom is 0.277 e. The molecule has 5 rings (SSSR count). The molecule has 3 heterocycles. The molecule has 5 nitrogen and oxygen atoms in total. The average molecular weight is 393 g/mol. The van der Waals surface area contributed by atoms with E-state index in [1.807, 2.05) is 12.1 Å². The number of carbonyl (C=O) groups excluding carboxylic acids is 1. The smallest absolute Gasteiger partial charge is 0.277 e. The van der Waals surface area contributed by atoms with Gasteiger partial charge >= 0.3 is 0 Å². The molecule has 5 N–H and O–H groups in total. The predicted molar refractivity (Wildman–Crippen MR) is 112 cm³/mol. The number of nitrogens with one attached hydrogen (secondary N) is 1. The molecule has 0 aliphatic heterocycles. The normalized spacial score (nSPS) is 12.6. The first-order valence-electron chi connectivity index (χ1n) is 8.57. The van der Waals surface area contributed by atoms with E-state index in [0.717, 1.165) is 44.8 Å². The summed E-state index contributed by atoms with van der Waals surface area (Å²) in [6.45, 7) is 0. The first-order valence-corrected chi connectivity index (χ1v) is 10.3. The van der Waals surface area contributed by atoms with Gasteiger partial charge in [0.05, 0.1) is 11.4 Å². The molecule has 7 heteroatoms. The number of hydrogen-bond donors (Lipinski definition) is 3. The maximum absolute atomic E-state index is 12.2. The topological polar surface area (TPSA) is 94.0 Å². The van der Waals surface area contributed by atoms with Crippen LogP contribution >= 0.6 is 22.7 Å². The van der Waals surface area contributed by atoms with Crippen LogP contribution in [0, 0.1) is 0 Å². The Morgan fingerprint density at radius 3 is 2.78 bits per heavy atom. The van der Waals surface area contributed by atoms with Crippen molar-refractivity contribution in [1.29, 1.82) is 0 Å². The second kappa shape index (κ2) is 6.16. The number of nitrogens with two attached hydrogens (primary N) is 2. The van der Waals surface area contributed by atoms with Crippen molar-refractivity contribution in [2.75, 3.05) is 5.73 Å². The summed E-state index contributed by atoms with van der Waals surface area (Å²) in [6, 6.07) is 12.5. The lowest BCUT2D eigenvalue weighted by Gasteiger charge is -2.22. The summed E-state index contributed by atoms with van der Waals surface area (Å²) in [5, 5.41) is 2.92. The lowest BCUT2D eigenvalue weighted by Crippen LogP contribution is -2.29. The highest BCUT2D eigenvalue weighted by molar-refractivity contribution is 7.21. The molecule has 1 aliphatic rings. The van der Waals surface area contributed by atoms with Crippen molar-refractivity contribution < 1.29 is 4.79 Å². The van der Waals surface area contributed by atoms with Crippen molar-refractivity contribution in [3.63, 3.8) is 0 Å². The van der Waals surface area contributed by atoms with Gasteiger partial charge in [-0.1, -0.05) is 30.3 Å². The molecule has 1 aromatic carbocycles. The van der Waals surface area contributed by atoms with Crippen molar-refractivity contribution in [3.8, 4) is 21.7 Å². The number of fused-ring (bicyclic) bond motifs is 4. The van der Waals surface area contributed by atoms with Gasteiger partial charge in [0.15, 0.2) is 0 Å². The zero-order valence-electron chi connectivity index (χ0n) is 14.3. The van der Waals surface area contributed by atoms with Crippen LogP contribution in [0.4, 0.5) is 5.69 Å². The molecule has 3 aromatic heterocycles. The number of rotatable bonds is 2. The number of benzene rings is 1. The van der Waals surface area contributed by atoms with E-state index >= 15 is 0 Å². The molecular weight excluding hydrogens is 376 g/mol. The number of hydrogen-bond acceptors (Lipinski definition) is 6. The number of nitrogen functional groups attached to an aromatic ring is 2. The van der Waals surface area contributed by atoms with E-state index < -0.39 is 0 Å². The molecule has 134 valence electrons. The zero-order valence-corrected chi connectivity index (χ0v) is 15.9. The van der Waals surface area contributed by atoms with Crippen LogP contribution in [0.2, 0.25) is 0 Å². The van der Waals surface area contributed by atoms with E-state index in [2.05, 4.69) is 35.1 Å². The Labute approximate surface area is 163 Å². The lowest BCUT2D eigenvalue weighted by atomic mass is 9.85. The number of pyridine rings is 1. The average Bonchev–Trinajstić information content (AvgIpc) is 3.34. The largest absolute Gasteiger partial charge is 0.397 e. The Morgan fingerprint density at radius 2 is 2.00 bits per heavy atom. The van der Waals surface area contributed by atoms with E-state index in [-0.39, 0.29) is 5.91 Å². The number of nitrogens with zero attached hydrogens (tertiary/aromatic N) is 1. The molecule has 0 bridgehead atoms. The zero-order chi connectivity index (χ0) is 18.5. The second-order valence-corrected chi connectivity index (χ2v) is 8.39. The van der Waals surface area contributed by atoms with Gasteiger partial charge in [-0.15, -0.1) is 22.7 Å². The summed E-state index contributed by atoms with van der Waals surface area (Å²) < 4.78 is 0. The molecule has 27 heavy (non-hydrogen) atoms. The van der Waals surface area contributed by atoms with Crippen LogP contribution in [0.15, 0.2) is 41.8 Å². The monoisotopic (exact) mass is 392 g/mol. The van der Waals surface area contributed by atoms with Crippen molar-refractivity contribution >= 4 is 44.5 Å². The lowest BCUT2D eigenvalue weighted by molar-refractivity contribution is 0.0958.